The van der Waals surface area contributed by atoms with Crippen LogP contribution in [0.4, 0.5) is 0 Å². The van der Waals surface area contributed by atoms with Crippen molar-refractivity contribution in [1.82, 2.24) is 8.61 Å². The molecule has 1 atom stereocenters. The molecule has 0 aromatic carbocycles. The van der Waals surface area contributed by atoms with Crippen molar-refractivity contribution < 1.29 is 27.9 Å². The van der Waals surface area contributed by atoms with Crippen LogP contribution >= 0.6 is 0 Å². The molecule has 21 heavy (non-hydrogen) atoms. The second-order valence-electron chi connectivity index (χ2n) is 4.85. The molecule has 0 saturated carbocycles. The fourth-order valence-electron chi connectivity index (χ4n) is 2.20. The topological polar surface area (TPSA) is 104 Å². The summed E-state index contributed by atoms with van der Waals surface area (Å²) in [6.07, 6.45) is 1.56. The number of aliphatic carboxylic acids is 1. The highest BCUT2D eigenvalue weighted by atomic mass is 32.2. The van der Waals surface area contributed by atoms with Gasteiger partial charge in [-0.3, -0.25) is 9.59 Å². The second-order valence-corrected chi connectivity index (χ2v) is 6.84. The molecule has 1 aliphatic rings. The summed E-state index contributed by atoms with van der Waals surface area (Å²) >= 11 is 0. The molecule has 0 aliphatic carbocycles. The Morgan fingerprint density at radius 3 is 2.62 bits per heavy atom. The van der Waals surface area contributed by atoms with Crippen molar-refractivity contribution >= 4 is 22.1 Å². The van der Waals surface area contributed by atoms with Crippen LogP contribution in [0.25, 0.3) is 0 Å². The average Bonchev–Trinajstić information content (AvgIpc) is 2.44. The minimum absolute atomic E-state index is 0.135. The smallest absolute Gasteiger partial charge is 0.324 e. The lowest BCUT2D eigenvalue weighted by molar-refractivity contribution is -0.148. The third kappa shape index (κ3) is 4.65. The SMILES string of the molecule is CCOC(=O)C1CCCCN1S(=O)(=O)N(C)CCC(=O)O. The Morgan fingerprint density at radius 2 is 2.05 bits per heavy atom. The summed E-state index contributed by atoms with van der Waals surface area (Å²) < 4.78 is 32.0. The van der Waals surface area contributed by atoms with Gasteiger partial charge in [0.15, 0.2) is 0 Å². The third-order valence-electron chi connectivity index (χ3n) is 3.34. The van der Waals surface area contributed by atoms with Gasteiger partial charge >= 0.3 is 11.9 Å². The molecule has 9 heteroatoms. The highest BCUT2D eigenvalue weighted by Gasteiger charge is 2.39. The summed E-state index contributed by atoms with van der Waals surface area (Å²) in [6, 6.07) is -0.823. The number of esters is 1. The molecule has 1 heterocycles. The van der Waals surface area contributed by atoms with Crippen molar-refractivity contribution in [1.29, 1.82) is 0 Å². The van der Waals surface area contributed by atoms with Crippen LogP contribution in [0.2, 0.25) is 0 Å². The van der Waals surface area contributed by atoms with Crippen molar-refractivity contribution in [2.24, 2.45) is 0 Å². The van der Waals surface area contributed by atoms with Gasteiger partial charge in [-0.05, 0) is 26.2 Å². The molecule has 0 amide bonds. The Kier molecular flexibility index (Phi) is 6.56. The standard InChI is InChI=1S/C12H22N2O6S/c1-3-20-12(17)10-6-4-5-8-14(10)21(18,19)13(2)9-7-11(15)16/h10H,3-9H2,1-2H3,(H,15,16). The lowest BCUT2D eigenvalue weighted by atomic mass is 10.1. The minimum atomic E-state index is -3.87. The van der Waals surface area contributed by atoms with Gasteiger partial charge in [0.25, 0.3) is 10.2 Å². The lowest BCUT2D eigenvalue weighted by Gasteiger charge is -2.35. The average molecular weight is 322 g/mol. The van der Waals surface area contributed by atoms with Gasteiger partial charge in [0.2, 0.25) is 0 Å². The molecule has 1 rings (SSSR count). The van der Waals surface area contributed by atoms with E-state index in [1.54, 1.807) is 6.92 Å². The summed E-state index contributed by atoms with van der Waals surface area (Å²) in [5, 5.41) is 8.64. The van der Waals surface area contributed by atoms with Crippen LogP contribution in [0, 0.1) is 0 Å². The Balaban J connectivity index is 2.86. The molecule has 1 fully saturated rings. The van der Waals surface area contributed by atoms with Crippen molar-refractivity contribution in [2.75, 3.05) is 26.7 Å². The summed E-state index contributed by atoms with van der Waals surface area (Å²) in [6.45, 7) is 1.96. The third-order valence-corrected chi connectivity index (χ3v) is 5.34. The summed E-state index contributed by atoms with van der Waals surface area (Å²) in [5.74, 6) is -1.62. The number of rotatable bonds is 7. The van der Waals surface area contributed by atoms with E-state index < -0.39 is 28.2 Å². The number of ether oxygens (including phenoxy) is 1. The molecule has 0 radical (unpaired) electrons. The molecule has 8 nitrogen and oxygen atoms in total. The molecular weight excluding hydrogens is 300 g/mol. The first-order valence-corrected chi connectivity index (χ1v) is 8.32. The monoisotopic (exact) mass is 322 g/mol. The van der Waals surface area contributed by atoms with Crippen LogP contribution in [0.15, 0.2) is 0 Å². The fourth-order valence-corrected chi connectivity index (χ4v) is 3.76. The number of carbonyl (C=O) groups is 2. The van der Waals surface area contributed by atoms with Gasteiger partial charge in [-0.15, -0.1) is 0 Å². The first-order chi connectivity index (χ1) is 9.80. The number of piperidine rings is 1. The van der Waals surface area contributed by atoms with Crippen LogP contribution in [0.5, 0.6) is 0 Å². The molecule has 1 aliphatic heterocycles. The van der Waals surface area contributed by atoms with E-state index in [1.807, 2.05) is 0 Å². The second kappa shape index (κ2) is 7.71. The molecule has 0 aromatic rings. The summed E-state index contributed by atoms with van der Waals surface area (Å²) in [4.78, 5) is 22.5. The van der Waals surface area contributed by atoms with Gasteiger partial charge in [0, 0.05) is 20.1 Å². The number of carbonyl (C=O) groups excluding carboxylic acids is 1. The Hall–Kier alpha value is -1.19. The Morgan fingerprint density at radius 1 is 1.38 bits per heavy atom. The van der Waals surface area contributed by atoms with Crippen LogP contribution in [0.3, 0.4) is 0 Å². The van der Waals surface area contributed by atoms with E-state index >= 15 is 0 Å². The van der Waals surface area contributed by atoms with Gasteiger partial charge in [-0.25, -0.2) is 0 Å². The van der Waals surface area contributed by atoms with Crippen LogP contribution < -0.4 is 0 Å². The predicted molar refractivity (Wildman–Crippen MR) is 74.8 cm³/mol. The predicted octanol–water partition coefficient (Wildman–Crippen LogP) is 0.0553. The Labute approximate surface area is 124 Å². The number of hydrogen-bond donors (Lipinski definition) is 1. The quantitative estimate of drug-likeness (QED) is 0.664. The maximum Gasteiger partial charge on any atom is 0.324 e. The molecule has 1 N–H and O–H groups in total. The van der Waals surface area contributed by atoms with Crippen molar-refractivity contribution in [3.05, 3.63) is 0 Å². The summed E-state index contributed by atoms with van der Waals surface area (Å²) in [7, 11) is -2.55. The minimum Gasteiger partial charge on any atom is -0.481 e. The number of hydrogen-bond acceptors (Lipinski definition) is 5. The van der Waals surface area contributed by atoms with Gasteiger partial charge in [0.1, 0.15) is 6.04 Å². The van der Waals surface area contributed by atoms with Crippen LogP contribution in [-0.4, -0.2) is 66.9 Å². The number of carboxylic acid groups (broad SMARTS) is 1. The zero-order valence-corrected chi connectivity index (χ0v) is 13.1. The largest absolute Gasteiger partial charge is 0.481 e. The highest BCUT2D eigenvalue weighted by molar-refractivity contribution is 7.86. The van der Waals surface area contributed by atoms with E-state index in [4.69, 9.17) is 9.84 Å². The van der Waals surface area contributed by atoms with E-state index in [0.29, 0.717) is 12.8 Å². The van der Waals surface area contributed by atoms with Crippen molar-refractivity contribution in [3.8, 4) is 0 Å². The van der Waals surface area contributed by atoms with E-state index in [1.165, 1.54) is 7.05 Å². The van der Waals surface area contributed by atoms with Gasteiger partial charge in [0.05, 0.1) is 13.0 Å². The van der Waals surface area contributed by atoms with Crippen molar-refractivity contribution in [3.63, 3.8) is 0 Å². The molecule has 0 aromatic heterocycles. The molecule has 122 valence electrons. The van der Waals surface area contributed by atoms with E-state index in [2.05, 4.69) is 0 Å². The zero-order valence-electron chi connectivity index (χ0n) is 12.3. The maximum absolute atomic E-state index is 12.5. The van der Waals surface area contributed by atoms with E-state index in [0.717, 1.165) is 15.0 Å². The first kappa shape index (κ1) is 17.9. The number of carboxylic acids is 1. The molecular formula is C12H22N2O6S. The lowest BCUT2D eigenvalue weighted by Crippen LogP contribution is -2.53. The summed E-state index contributed by atoms with van der Waals surface area (Å²) in [5.41, 5.74) is 0. The maximum atomic E-state index is 12.5. The highest BCUT2D eigenvalue weighted by Crippen LogP contribution is 2.23. The van der Waals surface area contributed by atoms with Gasteiger partial charge in [-0.2, -0.15) is 17.0 Å². The van der Waals surface area contributed by atoms with E-state index in [9.17, 15) is 18.0 Å². The van der Waals surface area contributed by atoms with Crippen LogP contribution in [0.1, 0.15) is 32.6 Å². The Bertz CT molecular complexity index is 478. The normalized spacial score (nSPS) is 20.4. The zero-order chi connectivity index (χ0) is 16.0. The fraction of sp³-hybridized carbons (Fsp3) is 0.833. The van der Waals surface area contributed by atoms with Gasteiger partial charge < -0.3 is 9.84 Å². The van der Waals surface area contributed by atoms with Crippen molar-refractivity contribution in [2.45, 2.75) is 38.6 Å². The first-order valence-electron chi connectivity index (χ1n) is 6.92. The van der Waals surface area contributed by atoms with Crippen LogP contribution in [-0.2, 0) is 24.5 Å². The molecule has 0 spiro atoms. The van der Waals surface area contributed by atoms with Gasteiger partial charge in [-0.1, -0.05) is 0 Å². The molecule has 1 unspecified atom stereocenters. The molecule has 1 saturated heterocycles. The molecule has 0 bridgehead atoms. The number of nitrogens with zero attached hydrogens (tertiary/aromatic N) is 2. The van der Waals surface area contributed by atoms with E-state index in [-0.39, 0.29) is 26.1 Å².